The molecule has 0 unspecified atom stereocenters. The van der Waals surface area contributed by atoms with Crippen LogP contribution in [-0.2, 0) is 16.8 Å². The van der Waals surface area contributed by atoms with E-state index in [1.807, 2.05) is 23.9 Å². The van der Waals surface area contributed by atoms with Gasteiger partial charge >= 0.3 is 0 Å². The van der Waals surface area contributed by atoms with Crippen LogP contribution in [0.5, 0.6) is 11.5 Å². The summed E-state index contributed by atoms with van der Waals surface area (Å²) < 4.78 is 8.23. The van der Waals surface area contributed by atoms with E-state index in [4.69, 9.17) is 16.3 Å². The molecule has 2 aromatic heterocycles. The third kappa shape index (κ3) is 4.21. The van der Waals surface area contributed by atoms with Crippen LogP contribution in [0.3, 0.4) is 0 Å². The largest absolute Gasteiger partial charge is 0.455 e. The summed E-state index contributed by atoms with van der Waals surface area (Å²) >= 11 is 6.61. The molecule has 0 saturated heterocycles. The molecule has 3 aliphatic rings. The summed E-state index contributed by atoms with van der Waals surface area (Å²) in [5.41, 5.74) is 3.67. The van der Waals surface area contributed by atoms with Crippen molar-refractivity contribution in [1.82, 2.24) is 20.1 Å². The first kappa shape index (κ1) is 23.5. The van der Waals surface area contributed by atoms with E-state index in [-0.39, 0.29) is 23.8 Å². The predicted octanol–water partition coefficient (Wildman–Crippen LogP) is 5.24. The molecule has 2 aromatic carbocycles. The summed E-state index contributed by atoms with van der Waals surface area (Å²) in [7, 11) is 1.59. The lowest BCUT2D eigenvalue weighted by atomic mass is 9.50. The quantitative estimate of drug-likeness (QED) is 0.351. The zero-order valence-corrected chi connectivity index (χ0v) is 21.3. The fourth-order valence-corrected chi connectivity index (χ4v) is 5.72. The number of aromatic nitrogens is 3. The average Bonchev–Trinajstić information content (AvgIpc) is 3.26. The average molecular weight is 516 g/mol. The Morgan fingerprint density at radius 2 is 2.00 bits per heavy atom. The van der Waals surface area contributed by atoms with Gasteiger partial charge in [0.1, 0.15) is 11.5 Å². The van der Waals surface area contributed by atoms with Crippen molar-refractivity contribution in [2.75, 3.05) is 12.4 Å². The van der Waals surface area contributed by atoms with Gasteiger partial charge in [0.2, 0.25) is 5.91 Å². The van der Waals surface area contributed by atoms with Crippen LogP contribution in [0.2, 0.25) is 5.02 Å². The fraction of sp³-hybridized carbons (Fsp3) is 0.286. The van der Waals surface area contributed by atoms with Crippen LogP contribution in [0.1, 0.15) is 40.7 Å². The molecule has 8 nitrogen and oxygen atoms in total. The standard InChI is InChI=1S/C28H26ClN5O3/c1-16-7-17(9-25(35)33-20-14-32-34(15-20)28-11-18(12-28)13-28)8-22(29)26(16)37-24-5-6-31-23-4-3-19(10-21(23)24)27(36)30-2/h3-8,10,14-15,18H,9,11-13H2,1-2H3,(H,30,36)(H,33,35). The van der Waals surface area contributed by atoms with Crippen molar-refractivity contribution in [1.29, 1.82) is 0 Å². The number of anilines is 1. The molecule has 37 heavy (non-hydrogen) atoms. The monoisotopic (exact) mass is 515 g/mol. The highest BCUT2D eigenvalue weighted by Crippen LogP contribution is 2.62. The molecule has 0 atom stereocenters. The topological polar surface area (TPSA) is 98.1 Å². The Kier molecular flexibility index (Phi) is 5.64. The minimum absolute atomic E-state index is 0.136. The maximum Gasteiger partial charge on any atom is 0.251 e. The van der Waals surface area contributed by atoms with Crippen molar-refractivity contribution in [3.8, 4) is 11.5 Å². The van der Waals surface area contributed by atoms with Gasteiger partial charge in [-0.05, 0) is 73.6 Å². The molecule has 4 aromatic rings. The van der Waals surface area contributed by atoms with Gasteiger partial charge in [-0.1, -0.05) is 17.7 Å². The van der Waals surface area contributed by atoms with E-state index in [9.17, 15) is 9.59 Å². The zero-order chi connectivity index (χ0) is 25.7. The van der Waals surface area contributed by atoms with Crippen LogP contribution < -0.4 is 15.4 Å². The molecular weight excluding hydrogens is 490 g/mol. The molecule has 2 bridgehead atoms. The summed E-state index contributed by atoms with van der Waals surface area (Å²) in [4.78, 5) is 29.2. The Balaban J connectivity index is 1.18. The third-order valence-electron chi connectivity index (χ3n) is 7.41. The van der Waals surface area contributed by atoms with Crippen molar-refractivity contribution in [3.05, 3.63) is 76.7 Å². The normalized spacial score (nSPS) is 19.6. The number of pyridine rings is 1. The number of carbonyl (C=O) groups excluding carboxylic acids is 2. The van der Waals surface area contributed by atoms with Crippen molar-refractivity contribution in [2.24, 2.45) is 5.92 Å². The van der Waals surface area contributed by atoms with E-state index in [0.29, 0.717) is 38.7 Å². The fourth-order valence-electron chi connectivity index (χ4n) is 5.39. The summed E-state index contributed by atoms with van der Waals surface area (Å²) in [5.74, 6) is 1.55. The number of amides is 2. The van der Waals surface area contributed by atoms with E-state index in [1.165, 1.54) is 19.3 Å². The smallest absolute Gasteiger partial charge is 0.251 e. The van der Waals surface area contributed by atoms with E-state index in [0.717, 1.165) is 17.0 Å². The Labute approximate surface area is 219 Å². The molecule has 3 fully saturated rings. The number of hydrogen-bond acceptors (Lipinski definition) is 5. The number of fused-ring (bicyclic) bond motifs is 1. The van der Waals surface area contributed by atoms with E-state index >= 15 is 0 Å². The van der Waals surface area contributed by atoms with E-state index in [1.54, 1.807) is 49.8 Å². The highest BCUT2D eigenvalue weighted by molar-refractivity contribution is 6.32. The highest BCUT2D eigenvalue weighted by Gasteiger charge is 2.58. The third-order valence-corrected chi connectivity index (χ3v) is 7.70. The number of benzene rings is 2. The first-order chi connectivity index (χ1) is 17.8. The Morgan fingerprint density at radius 1 is 1.19 bits per heavy atom. The Morgan fingerprint density at radius 3 is 2.70 bits per heavy atom. The molecule has 0 spiro atoms. The van der Waals surface area contributed by atoms with Gasteiger partial charge in [-0.2, -0.15) is 5.10 Å². The molecule has 0 radical (unpaired) electrons. The molecule has 0 aliphatic heterocycles. The van der Waals surface area contributed by atoms with Crippen molar-refractivity contribution < 1.29 is 14.3 Å². The molecule has 2 amide bonds. The van der Waals surface area contributed by atoms with Crippen LogP contribution in [0, 0.1) is 12.8 Å². The maximum absolute atomic E-state index is 12.7. The molecule has 3 aliphatic carbocycles. The SMILES string of the molecule is CNC(=O)c1ccc2nccc(Oc3c(C)cc(CC(=O)Nc4cnn(C56CC(C5)C6)c4)cc3Cl)c2c1. The van der Waals surface area contributed by atoms with Gasteiger partial charge in [0.15, 0.2) is 0 Å². The van der Waals surface area contributed by atoms with E-state index < -0.39 is 0 Å². The number of aryl methyl sites for hydroxylation is 1. The number of rotatable bonds is 7. The molecule has 2 N–H and O–H groups in total. The van der Waals surface area contributed by atoms with Crippen molar-refractivity contribution in [2.45, 2.75) is 38.1 Å². The Hall–Kier alpha value is -3.91. The summed E-state index contributed by atoms with van der Waals surface area (Å²) in [6.45, 7) is 1.88. The van der Waals surface area contributed by atoms with Crippen LogP contribution >= 0.6 is 11.6 Å². The number of halogens is 1. The van der Waals surface area contributed by atoms with Gasteiger partial charge in [0.05, 0.1) is 34.4 Å². The van der Waals surface area contributed by atoms with Gasteiger partial charge in [0.25, 0.3) is 5.91 Å². The van der Waals surface area contributed by atoms with Crippen molar-refractivity contribution in [3.63, 3.8) is 0 Å². The molecule has 3 saturated carbocycles. The number of ether oxygens (including phenoxy) is 1. The number of nitrogens with one attached hydrogen (secondary N) is 2. The molecule has 9 heteroatoms. The lowest BCUT2D eigenvalue weighted by Crippen LogP contribution is -2.59. The number of nitrogens with zero attached hydrogens (tertiary/aromatic N) is 3. The zero-order valence-electron chi connectivity index (χ0n) is 20.5. The van der Waals surface area contributed by atoms with Crippen LogP contribution in [0.25, 0.3) is 10.9 Å². The maximum atomic E-state index is 12.7. The lowest BCUT2D eigenvalue weighted by molar-refractivity contribution is -0.115. The summed E-state index contributed by atoms with van der Waals surface area (Å²) in [5, 5.41) is 11.1. The van der Waals surface area contributed by atoms with Gasteiger partial charge in [-0.25, -0.2) is 0 Å². The minimum atomic E-state index is -0.194. The second-order valence-electron chi connectivity index (χ2n) is 10.0. The van der Waals surface area contributed by atoms with Gasteiger partial charge in [-0.15, -0.1) is 0 Å². The lowest BCUT2D eigenvalue weighted by Gasteiger charge is -2.61. The minimum Gasteiger partial charge on any atom is -0.455 e. The van der Waals surface area contributed by atoms with Gasteiger partial charge in [-0.3, -0.25) is 19.3 Å². The summed E-state index contributed by atoms with van der Waals surface area (Å²) in [6, 6.07) is 10.6. The summed E-state index contributed by atoms with van der Waals surface area (Å²) in [6.07, 6.45) is 9.04. The number of carbonyl (C=O) groups is 2. The highest BCUT2D eigenvalue weighted by atomic mass is 35.5. The molecule has 7 rings (SSSR count). The van der Waals surface area contributed by atoms with Crippen LogP contribution in [-0.4, -0.2) is 33.6 Å². The van der Waals surface area contributed by atoms with E-state index in [2.05, 4.69) is 20.7 Å². The van der Waals surface area contributed by atoms with Crippen LogP contribution in [0.4, 0.5) is 5.69 Å². The van der Waals surface area contributed by atoms with Crippen molar-refractivity contribution >= 4 is 40.0 Å². The molecule has 2 heterocycles. The molecule has 188 valence electrons. The first-order valence-corrected chi connectivity index (χ1v) is 12.6. The first-order valence-electron chi connectivity index (χ1n) is 12.3. The predicted molar refractivity (Wildman–Crippen MR) is 141 cm³/mol. The van der Waals surface area contributed by atoms with Gasteiger partial charge in [0, 0.05) is 30.4 Å². The second kappa shape index (κ2) is 8.88. The number of hydrogen-bond donors (Lipinski definition) is 2. The van der Waals surface area contributed by atoms with Gasteiger partial charge < -0.3 is 15.4 Å². The Bertz CT molecular complexity index is 1520. The second-order valence-corrected chi connectivity index (χ2v) is 10.5. The molecular formula is C28H26ClN5O3. The van der Waals surface area contributed by atoms with Crippen LogP contribution in [0.15, 0.2) is 55.0 Å².